The minimum atomic E-state index is -0.483. The lowest BCUT2D eigenvalue weighted by Crippen LogP contribution is -2.19. The van der Waals surface area contributed by atoms with Crippen LogP contribution in [0, 0.1) is 5.82 Å². The van der Waals surface area contributed by atoms with E-state index in [1.807, 2.05) is 20.0 Å². The number of rotatable bonds is 7. The molecular formula is C24H23FN6O2. The van der Waals surface area contributed by atoms with E-state index in [2.05, 4.69) is 20.4 Å². The highest BCUT2D eigenvalue weighted by Crippen LogP contribution is 2.39. The molecule has 1 N–H and O–H groups in total. The lowest BCUT2D eigenvalue weighted by Gasteiger charge is -2.08. The second-order valence-corrected chi connectivity index (χ2v) is 8.65. The van der Waals surface area contributed by atoms with Crippen LogP contribution in [0.15, 0.2) is 49.4 Å². The molecule has 168 valence electrons. The number of carbonyl (C=O) groups is 2. The lowest BCUT2D eigenvalue weighted by atomic mass is 10.0. The van der Waals surface area contributed by atoms with Crippen LogP contribution in [-0.4, -0.2) is 36.0 Å². The van der Waals surface area contributed by atoms with E-state index in [-0.39, 0.29) is 29.8 Å². The molecule has 4 aromatic rings. The average Bonchev–Trinajstić information content (AvgIpc) is 3.40. The lowest BCUT2D eigenvalue weighted by molar-refractivity contribution is -0.116. The third-order valence-corrected chi connectivity index (χ3v) is 5.78. The van der Waals surface area contributed by atoms with Crippen molar-refractivity contribution < 1.29 is 14.0 Å². The molecule has 0 spiro atoms. The van der Waals surface area contributed by atoms with E-state index < -0.39 is 5.82 Å². The van der Waals surface area contributed by atoms with Gasteiger partial charge in [-0.2, -0.15) is 5.10 Å². The number of fused-ring (bicyclic) bond motifs is 1. The predicted octanol–water partition coefficient (Wildman–Crippen LogP) is 4.09. The standard InChI is InChI=1S/C24H23FN6O2/c1-14(2)31-12-20(19-9-27-10-21(25)23(19)31)24(33)16-5-18(8-26-6-16)29-22(32)13-30-11-17(7-28-30)15-3-4-15/h5-12,14-15H,3-4,13H2,1-2H3,(H,29,32). The van der Waals surface area contributed by atoms with E-state index in [4.69, 9.17) is 0 Å². The van der Waals surface area contributed by atoms with Crippen LogP contribution in [0.1, 0.15) is 60.1 Å². The van der Waals surface area contributed by atoms with Crippen LogP contribution in [-0.2, 0) is 11.3 Å². The summed E-state index contributed by atoms with van der Waals surface area (Å²) in [6.07, 6.45) is 13.2. The summed E-state index contributed by atoms with van der Waals surface area (Å²) in [5.74, 6) is -0.507. The van der Waals surface area contributed by atoms with E-state index in [9.17, 15) is 14.0 Å². The summed E-state index contributed by atoms with van der Waals surface area (Å²) in [6, 6.07) is 1.52. The molecule has 8 nitrogen and oxygen atoms in total. The molecule has 0 aliphatic heterocycles. The van der Waals surface area contributed by atoms with E-state index in [1.54, 1.807) is 27.7 Å². The summed E-state index contributed by atoms with van der Waals surface area (Å²) in [7, 11) is 0. The molecule has 0 saturated heterocycles. The Morgan fingerprint density at radius 1 is 1.12 bits per heavy atom. The maximum absolute atomic E-state index is 14.5. The first kappa shape index (κ1) is 21.0. The number of nitrogens with zero attached hydrogens (tertiary/aromatic N) is 5. The molecule has 1 saturated carbocycles. The molecule has 1 amide bonds. The molecule has 0 bridgehead atoms. The zero-order valence-electron chi connectivity index (χ0n) is 18.3. The van der Waals surface area contributed by atoms with Crippen LogP contribution in [0.5, 0.6) is 0 Å². The molecule has 0 atom stereocenters. The van der Waals surface area contributed by atoms with Gasteiger partial charge in [-0.3, -0.25) is 24.2 Å². The van der Waals surface area contributed by atoms with Crippen molar-refractivity contribution in [1.29, 1.82) is 0 Å². The zero-order valence-corrected chi connectivity index (χ0v) is 18.3. The van der Waals surface area contributed by atoms with E-state index in [1.165, 1.54) is 31.4 Å². The van der Waals surface area contributed by atoms with Gasteiger partial charge in [0.15, 0.2) is 11.6 Å². The first-order valence-electron chi connectivity index (χ1n) is 10.9. The topological polar surface area (TPSA) is 94.7 Å². The number of amides is 1. The Labute approximate surface area is 189 Å². The van der Waals surface area contributed by atoms with Crippen molar-refractivity contribution in [3.8, 4) is 0 Å². The molecule has 4 heterocycles. The highest BCUT2D eigenvalue weighted by Gasteiger charge is 2.25. The van der Waals surface area contributed by atoms with Gasteiger partial charge in [0.25, 0.3) is 0 Å². The van der Waals surface area contributed by atoms with Crippen molar-refractivity contribution in [3.05, 3.63) is 72.0 Å². The van der Waals surface area contributed by atoms with Crippen molar-refractivity contribution in [2.24, 2.45) is 0 Å². The van der Waals surface area contributed by atoms with Gasteiger partial charge in [0.05, 0.1) is 29.8 Å². The number of nitrogens with one attached hydrogen (secondary N) is 1. The van der Waals surface area contributed by atoms with Gasteiger partial charge in [-0.05, 0) is 44.2 Å². The van der Waals surface area contributed by atoms with Crippen molar-refractivity contribution in [3.63, 3.8) is 0 Å². The summed E-state index contributed by atoms with van der Waals surface area (Å²) in [6.45, 7) is 3.90. The van der Waals surface area contributed by atoms with Crippen molar-refractivity contribution in [1.82, 2.24) is 24.3 Å². The Bertz CT molecular complexity index is 1370. The summed E-state index contributed by atoms with van der Waals surface area (Å²) in [5.41, 5.74) is 2.52. The smallest absolute Gasteiger partial charge is 0.246 e. The molecule has 1 aliphatic carbocycles. The number of carbonyl (C=O) groups excluding carboxylic acids is 2. The van der Waals surface area contributed by atoms with Crippen LogP contribution in [0.3, 0.4) is 0 Å². The molecule has 0 unspecified atom stereocenters. The van der Waals surface area contributed by atoms with Crippen molar-refractivity contribution in [2.75, 3.05) is 5.32 Å². The van der Waals surface area contributed by atoms with Crippen molar-refractivity contribution in [2.45, 2.75) is 45.2 Å². The Balaban J connectivity index is 1.37. The molecular weight excluding hydrogens is 423 g/mol. The highest BCUT2D eigenvalue weighted by atomic mass is 19.1. The van der Waals surface area contributed by atoms with Gasteiger partial charge in [0, 0.05) is 47.3 Å². The summed E-state index contributed by atoms with van der Waals surface area (Å²) >= 11 is 0. The minimum absolute atomic E-state index is 0.0441. The molecule has 0 aromatic carbocycles. The second kappa shape index (κ2) is 8.23. The maximum atomic E-state index is 14.5. The summed E-state index contributed by atoms with van der Waals surface area (Å²) in [5, 5.41) is 7.45. The number of anilines is 1. The third-order valence-electron chi connectivity index (χ3n) is 5.78. The summed E-state index contributed by atoms with van der Waals surface area (Å²) < 4.78 is 17.8. The molecule has 1 fully saturated rings. The van der Waals surface area contributed by atoms with Crippen LogP contribution in [0.4, 0.5) is 10.1 Å². The molecule has 1 aliphatic rings. The number of ketones is 1. The predicted molar refractivity (Wildman–Crippen MR) is 121 cm³/mol. The fraction of sp³-hybridized carbons (Fsp3) is 0.292. The van der Waals surface area contributed by atoms with Gasteiger partial charge in [-0.25, -0.2) is 4.39 Å². The molecule has 33 heavy (non-hydrogen) atoms. The van der Waals surface area contributed by atoms with E-state index >= 15 is 0 Å². The van der Waals surface area contributed by atoms with Crippen LogP contribution >= 0.6 is 0 Å². The fourth-order valence-electron chi connectivity index (χ4n) is 3.98. The molecule has 0 radical (unpaired) electrons. The van der Waals surface area contributed by atoms with E-state index in [0.717, 1.165) is 11.8 Å². The van der Waals surface area contributed by atoms with Gasteiger partial charge in [-0.1, -0.05) is 0 Å². The Morgan fingerprint density at radius 2 is 1.91 bits per heavy atom. The normalized spacial score (nSPS) is 13.6. The second-order valence-electron chi connectivity index (χ2n) is 8.65. The van der Waals surface area contributed by atoms with Crippen LogP contribution < -0.4 is 5.32 Å². The highest BCUT2D eigenvalue weighted by molar-refractivity contribution is 6.16. The Kier molecular flexibility index (Phi) is 5.24. The monoisotopic (exact) mass is 446 g/mol. The maximum Gasteiger partial charge on any atom is 0.246 e. The quantitative estimate of drug-likeness (QED) is 0.432. The minimum Gasteiger partial charge on any atom is -0.342 e. The van der Waals surface area contributed by atoms with Crippen LogP contribution in [0.25, 0.3) is 10.9 Å². The first-order valence-corrected chi connectivity index (χ1v) is 10.9. The molecule has 5 rings (SSSR count). The van der Waals surface area contributed by atoms with Gasteiger partial charge in [0.1, 0.15) is 6.54 Å². The SMILES string of the molecule is CC(C)n1cc(C(=O)c2cncc(NC(=O)Cn3cc(C4CC4)cn3)c2)c2cncc(F)c21. The fourth-order valence-corrected chi connectivity index (χ4v) is 3.98. The van der Waals surface area contributed by atoms with Crippen LogP contribution in [0.2, 0.25) is 0 Å². The molecule has 9 heteroatoms. The van der Waals surface area contributed by atoms with Gasteiger partial charge in [0.2, 0.25) is 5.91 Å². The van der Waals surface area contributed by atoms with Gasteiger partial charge < -0.3 is 9.88 Å². The number of halogens is 1. The largest absolute Gasteiger partial charge is 0.342 e. The zero-order chi connectivity index (χ0) is 23.1. The van der Waals surface area contributed by atoms with Gasteiger partial charge >= 0.3 is 0 Å². The number of hydrogen-bond acceptors (Lipinski definition) is 5. The third kappa shape index (κ3) is 4.13. The number of pyridine rings is 2. The van der Waals surface area contributed by atoms with Gasteiger partial charge in [-0.15, -0.1) is 0 Å². The first-order chi connectivity index (χ1) is 15.9. The number of aromatic nitrogens is 5. The average molecular weight is 446 g/mol. The Morgan fingerprint density at radius 3 is 2.67 bits per heavy atom. The summed E-state index contributed by atoms with van der Waals surface area (Å²) in [4.78, 5) is 33.8. The molecule has 4 aromatic heterocycles. The number of hydrogen-bond donors (Lipinski definition) is 1. The van der Waals surface area contributed by atoms with Crippen molar-refractivity contribution >= 4 is 28.3 Å². The van der Waals surface area contributed by atoms with E-state index in [0.29, 0.717) is 28.1 Å². The Hall–Kier alpha value is -3.88.